The Bertz CT molecular complexity index is 1810. The van der Waals surface area contributed by atoms with Gasteiger partial charge in [-0.2, -0.15) is 5.10 Å². The van der Waals surface area contributed by atoms with Crippen molar-refractivity contribution in [1.29, 1.82) is 0 Å². The number of carbonyl (C=O) groups is 2. The largest absolute Gasteiger partial charge is 0.452 e. The Morgan fingerprint density at radius 3 is 2.35 bits per heavy atom. The summed E-state index contributed by atoms with van der Waals surface area (Å²) in [6.45, 7) is 1.63. The maximum Gasteiger partial charge on any atom is 0.342 e. The van der Waals surface area contributed by atoms with Crippen molar-refractivity contribution in [3.63, 3.8) is 0 Å². The van der Waals surface area contributed by atoms with Crippen LogP contribution < -0.4 is 5.32 Å². The van der Waals surface area contributed by atoms with Crippen LogP contribution in [-0.2, 0) is 9.53 Å². The van der Waals surface area contributed by atoms with Crippen LogP contribution in [0.4, 0.5) is 5.69 Å². The Morgan fingerprint density at radius 2 is 1.60 bits per heavy atom. The Morgan fingerprint density at radius 1 is 0.875 bits per heavy atom. The van der Waals surface area contributed by atoms with Crippen molar-refractivity contribution < 1.29 is 14.3 Å². The van der Waals surface area contributed by atoms with Crippen LogP contribution in [0.2, 0.25) is 0 Å². The fourth-order valence-corrected chi connectivity index (χ4v) is 5.37. The molecule has 1 amide bonds. The molecular formula is C32H24N4O3S. The predicted octanol–water partition coefficient (Wildman–Crippen LogP) is 6.92. The van der Waals surface area contributed by atoms with E-state index in [4.69, 9.17) is 9.72 Å². The molecule has 40 heavy (non-hydrogen) atoms. The zero-order chi connectivity index (χ0) is 27.5. The second-order valence-corrected chi connectivity index (χ2v) is 10.3. The number of fused-ring (bicyclic) bond motifs is 1. The van der Waals surface area contributed by atoms with Crippen LogP contribution in [0.25, 0.3) is 37.7 Å². The molecule has 0 aliphatic heterocycles. The Hall–Kier alpha value is -5.08. The molecular weight excluding hydrogens is 520 g/mol. The molecule has 8 heteroatoms. The molecule has 0 unspecified atom stereocenters. The number of nitrogens with one attached hydrogen (secondary N) is 1. The summed E-state index contributed by atoms with van der Waals surface area (Å²) in [5.41, 5.74) is 6.07. The maximum atomic E-state index is 13.1. The highest BCUT2D eigenvalue weighted by Gasteiger charge is 2.21. The smallest absolute Gasteiger partial charge is 0.342 e. The minimum Gasteiger partial charge on any atom is -0.452 e. The van der Waals surface area contributed by atoms with Gasteiger partial charge in [0.2, 0.25) is 0 Å². The van der Waals surface area contributed by atoms with Gasteiger partial charge in [-0.05, 0) is 61.0 Å². The minimum atomic E-state index is -0.627. The number of amides is 1. The van der Waals surface area contributed by atoms with Gasteiger partial charge in [0.15, 0.2) is 6.61 Å². The first-order valence-electron chi connectivity index (χ1n) is 12.7. The number of hydrogen-bond acceptors (Lipinski definition) is 6. The Kier molecular flexibility index (Phi) is 6.91. The summed E-state index contributed by atoms with van der Waals surface area (Å²) in [6.07, 6.45) is 1.62. The van der Waals surface area contributed by atoms with Crippen LogP contribution in [0.1, 0.15) is 15.9 Å². The summed E-state index contributed by atoms with van der Waals surface area (Å²) in [7, 11) is 0. The van der Waals surface area contributed by atoms with E-state index in [1.165, 1.54) is 5.56 Å². The maximum absolute atomic E-state index is 13.1. The van der Waals surface area contributed by atoms with E-state index in [1.807, 2.05) is 91.0 Å². The number of anilines is 1. The van der Waals surface area contributed by atoms with Gasteiger partial charge in [-0.15, -0.1) is 11.3 Å². The highest BCUT2D eigenvalue weighted by molar-refractivity contribution is 7.21. The molecule has 0 bridgehead atoms. The zero-order valence-electron chi connectivity index (χ0n) is 21.6. The highest BCUT2D eigenvalue weighted by atomic mass is 32.1. The standard InChI is InChI=1S/C32H24N4O3S/c1-21-12-17-27-28(18-21)40-31(34-27)23-13-15-24(16-14-23)33-29(37)20-39-32(38)26-19-36(25-10-6-3-7-11-25)35-30(26)22-8-4-2-5-9-22/h2-19H,20H2,1H3,(H,33,37). The van der Waals surface area contributed by atoms with Gasteiger partial charge in [0.1, 0.15) is 16.3 Å². The molecule has 4 aromatic carbocycles. The van der Waals surface area contributed by atoms with Crippen molar-refractivity contribution in [1.82, 2.24) is 14.8 Å². The van der Waals surface area contributed by atoms with E-state index < -0.39 is 18.5 Å². The number of rotatable bonds is 7. The summed E-state index contributed by atoms with van der Waals surface area (Å²) in [5.74, 6) is -1.06. The summed E-state index contributed by atoms with van der Waals surface area (Å²) < 4.78 is 8.17. The summed E-state index contributed by atoms with van der Waals surface area (Å²) in [6, 6.07) is 32.5. The first kappa shape index (κ1) is 25.2. The van der Waals surface area contributed by atoms with Gasteiger partial charge in [-0.25, -0.2) is 14.5 Å². The third-order valence-corrected chi connectivity index (χ3v) is 7.36. The molecule has 6 rings (SSSR count). The van der Waals surface area contributed by atoms with Crippen LogP contribution >= 0.6 is 11.3 Å². The van der Waals surface area contributed by atoms with E-state index in [2.05, 4.69) is 29.5 Å². The summed E-state index contributed by atoms with van der Waals surface area (Å²) in [4.78, 5) is 30.4. The molecule has 0 fully saturated rings. The van der Waals surface area contributed by atoms with Crippen molar-refractivity contribution in [3.05, 3.63) is 120 Å². The number of aromatic nitrogens is 3. The molecule has 2 aromatic heterocycles. The lowest BCUT2D eigenvalue weighted by Gasteiger charge is -2.07. The normalized spacial score (nSPS) is 10.9. The highest BCUT2D eigenvalue weighted by Crippen LogP contribution is 2.31. The van der Waals surface area contributed by atoms with E-state index in [0.717, 1.165) is 32.0 Å². The van der Waals surface area contributed by atoms with Gasteiger partial charge >= 0.3 is 5.97 Å². The third kappa shape index (κ3) is 5.39. The molecule has 7 nitrogen and oxygen atoms in total. The number of thiazole rings is 1. The van der Waals surface area contributed by atoms with E-state index in [1.54, 1.807) is 22.2 Å². The number of benzene rings is 4. The second-order valence-electron chi connectivity index (χ2n) is 9.23. The van der Waals surface area contributed by atoms with Gasteiger partial charge in [-0.3, -0.25) is 4.79 Å². The minimum absolute atomic E-state index is 0.276. The lowest BCUT2D eigenvalue weighted by Crippen LogP contribution is -2.21. The molecule has 0 saturated heterocycles. The lowest BCUT2D eigenvalue weighted by atomic mass is 10.1. The van der Waals surface area contributed by atoms with Gasteiger partial charge in [0.25, 0.3) is 5.91 Å². The van der Waals surface area contributed by atoms with Gasteiger partial charge in [-0.1, -0.05) is 54.6 Å². The monoisotopic (exact) mass is 544 g/mol. The first-order valence-corrected chi connectivity index (χ1v) is 13.5. The zero-order valence-corrected chi connectivity index (χ0v) is 22.4. The van der Waals surface area contributed by atoms with Gasteiger partial charge < -0.3 is 10.1 Å². The van der Waals surface area contributed by atoms with E-state index in [9.17, 15) is 9.59 Å². The van der Waals surface area contributed by atoms with Crippen LogP contribution in [-0.4, -0.2) is 33.2 Å². The molecule has 0 aliphatic carbocycles. The van der Waals surface area contributed by atoms with Crippen molar-refractivity contribution in [2.24, 2.45) is 0 Å². The number of ether oxygens (including phenoxy) is 1. The van der Waals surface area contributed by atoms with Crippen molar-refractivity contribution >= 4 is 39.1 Å². The van der Waals surface area contributed by atoms with E-state index in [-0.39, 0.29) is 5.56 Å². The number of carbonyl (C=O) groups excluding carboxylic acids is 2. The van der Waals surface area contributed by atoms with Crippen molar-refractivity contribution in [2.45, 2.75) is 6.92 Å². The van der Waals surface area contributed by atoms with E-state index >= 15 is 0 Å². The average molecular weight is 545 g/mol. The molecule has 0 aliphatic rings. The number of hydrogen-bond donors (Lipinski definition) is 1. The fraction of sp³-hybridized carbons (Fsp3) is 0.0625. The summed E-state index contributed by atoms with van der Waals surface area (Å²) in [5, 5.41) is 8.33. The van der Waals surface area contributed by atoms with Crippen LogP contribution in [0, 0.1) is 6.92 Å². The van der Waals surface area contributed by atoms with Crippen LogP contribution in [0.5, 0.6) is 0 Å². The molecule has 0 atom stereocenters. The summed E-state index contributed by atoms with van der Waals surface area (Å²) >= 11 is 1.63. The fourth-order valence-electron chi connectivity index (χ4n) is 4.30. The van der Waals surface area contributed by atoms with Crippen molar-refractivity contribution in [3.8, 4) is 27.5 Å². The SMILES string of the molecule is Cc1ccc2nc(-c3ccc(NC(=O)COC(=O)c4cn(-c5ccccc5)nc4-c4ccccc4)cc3)sc2c1. The third-order valence-electron chi connectivity index (χ3n) is 6.30. The second kappa shape index (κ2) is 11.0. The van der Waals surface area contributed by atoms with Crippen molar-refractivity contribution in [2.75, 3.05) is 11.9 Å². The molecule has 0 saturated carbocycles. The number of esters is 1. The quantitative estimate of drug-likeness (QED) is 0.221. The Labute approximate surface area is 234 Å². The number of aryl methyl sites for hydroxylation is 1. The van der Waals surface area contributed by atoms with Crippen LogP contribution in [0.15, 0.2) is 109 Å². The molecule has 0 spiro atoms. The number of nitrogens with zero attached hydrogens (tertiary/aromatic N) is 3. The predicted molar refractivity (Wildman–Crippen MR) is 158 cm³/mol. The van der Waals surface area contributed by atoms with Gasteiger partial charge in [0, 0.05) is 23.0 Å². The lowest BCUT2D eigenvalue weighted by molar-refractivity contribution is -0.119. The molecule has 0 radical (unpaired) electrons. The average Bonchev–Trinajstić information content (AvgIpc) is 3.62. The molecule has 2 heterocycles. The molecule has 196 valence electrons. The molecule has 1 N–H and O–H groups in total. The Balaban J connectivity index is 1.13. The van der Waals surface area contributed by atoms with Crippen LogP contribution in [0.3, 0.4) is 0 Å². The number of para-hydroxylation sites is 1. The van der Waals surface area contributed by atoms with E-state index in [0.29, 0.717) is 11.4 Å². The first-order chi connectivity index (χ1) is 19.5. The van der Waals surface area contributed by atoms with Gasteiger partial charge in [0.05, 0.1) is 15.9 Å². The molecule has 6 aromatic rings. The topological polar surface area (TPSA) is 86.1 Å².